The van der Waals surface area contributed by atoms with Gasteiger partial charge in [-0.25, -0.2) is 4.99 Å². The van der Waals surface area contributed by atoms with E-state index in [0.29, 0.717) is 5.90 Å². The number of nitrogens with zero attached hydrogens (tertiary/aromatic N) is 2. The van der Waals surface area contributed by atoms with Crippen LogP contribution in [0.4, 0.5) is 0 Å². The molecule has 0 spiro atoms. The van der Waals surface area contributed by atoms with Crippen molar-refractivity contribution >= 4 is 5.90 Å². The lowest BCUT2D eigenvalue weighted by Gasteiger charge is -2.06. The normalized spacial score (nSPS) is 26.2. The predicted octanol–water partition coefficient (Wildman–Crippen LogP) is 1.99. The molecule has 1 aromatic rings. The molecule has 3 rings (SSSR count). The third-order valence-electron chi connectivity index (χ3n) is 2.95. The monoisotopic (exact) mass is 198 g/mol. The number of fused-ring (bicyclic) bond motifs is 3. The van der Waals surface area contributed by atoms with Crippen LogP contribution in [-0.4, -0.2) is 12.0 Å². The summed E-state index contributed by atoms with van der Waals surface area (Å²) in [6, 6.07) is 10.5. The van der Waals surface area contributed by atoms with Crippen LogP contribution in [-0.2, 0) is 11.2 Å². The van der Waals surface area contributed by atoms with E-state index in [9.17, 15) is 0 Å². The Morgan fingerprint density at radius 2 is 2.33 bits per heavy atom. The first kappa shape index (κ1) is 8.49. The van der Waals surface area contributed by atoms with Gasteiger partial charge in [0, 0.05) is 6.42 Å². The zero-order valence-electron chi connectivity index (χ0n) is 8.18. The summed E-state index contributed by atoms with van der Waals surface area (Å²) in [6.07, 6.45) is 1.33. The quantitative estimate of drug-likeness (QED) is 0.692. The lowest BCUT2D eigenvalue weighted by molar-refractivity contribution is 0.203. The molecule has 0 aromatic heterocycles. The van der Waals surface area contributed by atoms with E-state index in [2.05, 4.69) is 23.2 Å². The van der Waals surface area contributed by atoms with Gasteiger partial charge in [-0.15, -0.1) is 0 Å². The van der Waals surface area contributed by atoms with Crippen LogP contribution in [0.5, 0.6) is 0 Å². The van der Waals surface area contributed by atoms with Crippen LogP contribution in [0.3, 0.4) is 0 Å². The van der Waals surface area contributed by atoms with Crippen molar-refractivity contribution in [2.75, 3.05) is 0 Å². The van der Waals surface area contributed by atoms with Gasteiger partial charge in [0.1, 0.15) is 18.6 Å². The minimum absolute atomic E-state index is 0.129. The number of hydrogen-bond acceptors (Lipinski definition) is 3. The van der Waals surface area contributed by atoms with Gasteiger partial charge < -0.3 is 4.74 Å². The molecule has 3 heteroatoms. The summed E-state index contributed by atoms with van der Waals surface area (Å²) in [4.78, 5) is 4.45. The first-order chi connectivity index (χ1) is 7.38. The predicted molar refractivity (Wildman–Crippen MR) is 55.4 cm³/mol. The number of ether oxygens (including phenoxy) is 1. The van der Waals surface area contributed by atoms with Gasteiger partial charge in [-0.1, -0.05) is 24.3 Å². The molecule has 1 aromatic carbocycles. The van der Waals surface area contributed by atoms with Crippen molar-refractivity contribution in [3.05, 3.63) is 35.4 Å². The molecule has 15 heavy (non-hydrogen) atoms. The van der Waals surface area contributed by atoms with Gasteiger partial charge in [0.15, 0.2) is 5.90 Å². The first-order valence-corrected chi connectivity index (χ1v) is 5.06. The third-order valence-corrected chi connectivity index (χ3v) is 2.95. The van der Waals surface area contributed by atoms with Crippen molar-refractivity contribution in [2.24, 2.45) is 4.99 Å². The Bertz CT molecular complexity index is 473. The van der Waals surface area contributed by atoms with Crippen LogP contribution in [0.15, 0.2) is 29.3 Å². The van der Waals surface area contributed by atoms with Gasteiger partial charge in [0.2, 0.25) is 0 Å². The Labute approximate surface area is 88.0 Å². The maximum absolute atomic E-state index is 8.57. The molecule has 0 amide bonds. The van der Waals surface area contributed by atoms with E-state index >= 15 is 0 Å². The molecule has 1 heterocycles. The SMILES string of the molecule is N#CCC1=NC2c3ccccc3CC2O1. The fourth-order valence-corrected chi connectivity index (χ4v) is 2.31. The van der Waals surface area contributed by atoms with E-state index in [-0.39, 0.29) is 18.6 Å². The third kappa shape index (κ3) is 1.22. The van der Waals surface area contributed by atoms with Crippen molar-refractivity contribution in [3.63, 3.8) is 0 Å². The number of benzene rings is 1. The summed E-state index contributed by atoms with van der Waals surface area (Å²) in [6.45, 7) is 0. The summed E-state index contributed by atoms with van der Waals surface area (Å²) in [5.41, 5.74) is 2.59. The molecule has 0 saturated carbocycles. The molecule has 0 fully saturated rings. The molecular formula is C12H10N2O. The highest BCUT2D eigenvalue weighted by molar-refractivity contribution is 5.80. The second-order valence-corrected chi connectivity index (χ2v) is 3.86. The molecular weight excluding hydrogens is 188 g/mol. The van der Waals surface area contributed by atoms with Crippen molar-refractivity contribution in [2.45, 2.75) is 25.0 Å². The lowest BCUT2D eigenvalue weighted by Crippen LogP contribution is -2.12. The van der Waals surface area contributed by atoms with Crippen molar-refractivity contribution in [1.82, 2.24) is 0 Å². The van der Waals surface area contributed by atoms with Crippen LogP contribution in [0.1, 0.15) is 23.6 Å². The Morgan fingerprint density at radius 3 is 3.20 bits per heavy atom. The number of rotatable bonds is 1. The summed E-state index contributed by atoms with van der Waals surface area (Å²) in [5, 5.41) is 8.57. The van der Waals surface area contributed by atoms with Crippen LogP contribution < -0.4 is 0 Å². The van der Waals surface area contributed by atoms with E-state index in [4.69, 9.17) is 10.00 Å². The van der Waals surface area contributed by atoms with Gasteiger partial charge in [-0.2, -0.15) is 5.26 Å². The van der Waals surface area contributed by atoms with Crippen molar-refractivity contribution in [1.29, 1.82) is 5.26 Å². The smallest absolute Gasteiger partial charge is 0.198 e. The largest absolute Gasteiger partial charge is 0.474 e. The van der Waals surface area contributed by atoms with Crippen LogP contribution >= 0.6 is 0 Å². The van der Waals surface area contributed by atoms with Gasteiger partial charge >= 0.3 is 0 Å². The van der Waals surface area contributed by atoms with E-state index in [1.165, 1.54) is 11.1 Å². The standard InChI is InChI=1S/C12H10N2O/c13-6-5-11-14-12-9-4-2-1-3-8(9)7-10(12)15-11/h1-4,10,12H,5,7H2. The molecule has 2 aliphatic rings. The second-order valence-electron chi connectivity index (χ2n) is 3.86. The van der Waals surface area contributed by atoms with E-state index in [0.717, 1.165) is 6.42 Å². The fraction of sp³-hybridized carbons (Fsp3) is 0.333. The highest BCUT2D eigenvalue weighted by atomic mass is 16.5. The molecule has 0 N–H and O–H groups in total. The molecule has 1 aliphatic heterocycles. The van der Waals surface area contributed by atoms with E-state index in [1.807, 2.05) is 12.1 Å². The zero-order valence-corrected chi connectivity index (χ0v) is 8.18. The van der Waals surface area contributed by atoms with Crippen molar-refractivity contribution in [3.8, 4) is 6.07 Å². The van der Waals surface area contributed by atoms with Crippen LogP contribution in [0.25, 0.3) is 0 Å². The molecule has 2 unspecified atom stereocenters. The highest BCUT2D eigenvalue weighted by Gasteiger charge is 2.38. The molecule has 2 atom stereocenters. The van der Waals surface area contributed by atoms with Crippen LogP contribution in [0.2, 0.25) is 0 Å². The summed E-state index contributed by atoms with van der Waals surface area (Å²) >= 11 is 0. The molecule has 0 bridgehead atoms. The Hall–Kier alpha value is -1.82. The number of hydrogen-bond donors (Lipinski definition) is 0. The topological polar surface area (TPSA) is 45.4 Å². The number of aliphatic imine (C=N–C) groups is 1. The molecule has 3 nitrogen and oxygen atoms in total. The Kier molecular flexibility index (Phi) is 1.75. The van der Waals surface area contributed by atoms with Gasteiger partial charge in [-0.05, 0) is 11.1 Å². The maximum Gasteiger partial charge on any atom is 0.198 e. The first-order valence-electron chi connectivity index (χ1n) is 5.06. The average Bonchev–Trinajstić information content (AvgIpc) is 2.75. The summed E-state index contributed by atoms with van der Waals surface area (Å²) in [5.74, 6) is 0.599. The van der Waals surface area contributed by atoms with Crippen LogP contribution in [0, 0.1) is 11.3 Å². The number of nitriles is 1. The van der Waals surface area contributed by atoms with E-state index < -0.39 is 0 Å². The average molecular weight is 198 g/mol. The highest BCUT2D eigenvalue weighted by Crippen LogP contribution is 2.39. The zero-order chi connectivity index (χ0) is 10.3. The Balaban J connectivity index is 1.95. The van der Waals surface area contributed by atoms with Gasteiger partial charge in [0.05, 0.1) is 6.07 Å². The van der Waals surface area contributed by atoms with Crippen molar-refractivity contribution < 1.29 is 4.74 Å². The van der Waals surface area contributed by atoms with Gasteiger partial charge in [0.25, 0.3) is 0 Å². The molecule has 74 valence electrons. The fourth-order valence-electron chi connectivity index (χ4n) is 2.31. The minimum atomic E-state index is 0.129. The maximum atomic E-state index is 8.57. The Morgan fingerprint density at radius 1 is 1.47 bits per heavy atom. The summed E-state index contributed by atoms with van der Waals surface area (Å²) in [7, 11) is 0. The van der Waals surface area contributed by atoms with E-state index in [1.54, 1.807) is 0 Å². The molecule has 0 saturated heterocycles. The van der Waals surface area contributed by atoms with Gasteiger partial charge in [-0.3, -0.25) is 0 Å². The lowest BCUT2D eigenvalue weighted by atomic mass is 10.1. The minimum Gasteiger partial charge on any atom is -0.474 e. The molecule has 1 aliphatic carbocycles. The second kappa shape index (κ2) is 3.09. The summed E-state index contributed by atoms with van der Waals surface area (Å²) < 4.78 is 5.64. The molecule has 0 radical (unpaired) electrons.